The van der Waals surface area contributed by atoms with Crippen molar-refractivity contribution in [1.29, 1.82) is 0 Å². The Bertz CT molecular complexity index is 2040. The van der Waals surface area contributed by atoms with Crippen LogP contribution in [0.25, 0.3) is 89.7 Å². The summed E-state index contributed by atoms with van der Waals surface area (Å²) in [6, 6.07) is 32.2. The van der Waals surface area contributed by atoms with Gasteiger partial charge >= 0.3 is 0 Å². The molecule has 5 heterocycles. The second-order valence-electron chi connectivity index (χ2n) is 9.79. The van der Waals surface area contributed by atoms with Crippen LogP contribution in [0.15, 0.2) is 97.1 Å². The standard InChI is InChI=1S/C32H18N8.Cu.Zn/c1-2-10-18-17(9-1)25-33-26(18)38-28-21-13-5-6-14-22(21)30(35-28)40-32-24-16-8-7-15-23(24)31(36-32)39-29-20-12-4-3-11-19(20)27(34-29)37-25;;/h1-16H,(H2,33,34,35,36,37,38,39,40);;. The Hall–Kier alpha value is -4.62. The average Bonchev–Trinajstić information content (AvgIpc) is 3.73. The van der Waals surface area contributed by atoms with E-state index in [9.17, 15) is 0 Å². The van der Waals surface area contributed by atoms with Crippen LogP contribution in [-0.2, 0) is 36.5 Å². The van der Waals surface area contributed by atoms with Crippen molar-refractivity contribution in [1.82, 2.24) is 39.9 Å². The molecule has 0 spiro atoms. The van der Waals surface area contributed by atoms with E-state index in [4.69, 9.17) is 29.9 Å². The van der Waals surface area contributed by atoms with Gasteiger partial charge in [0.2, 0.25) is 0 Å². The Morgan fingerprint density at radius 2 is 0.571 bits per heavy atom. The number of nitrogens with zero attached hydrogens (tertiary/aromatic N) is 6. The predicted octanol–water partition coefficient (Wildman–Crippen LogP) is 6.86. The first-order chi connectivity index (χ1) is 19.8. The minimum absolute atomic E-state index is 0. The van der Waals surface area contributed by atoms with Crippen LogP contribution < -0.4 is 0 Å². The van der Waals surface area contributed by atoms with Gasteiger partial charge in [0.25, 0.3) is 0 Å². The number of aromatic amines is 2. The Morgan fingerprint density at radius 1 is 0.333 bits per heavy atom. The van der Waals surface area contributed by atoms with Gasteiger partial charge in [-0.3, -0.25) is 0 Å². The van der Waals surface area contributed by atoms with E-state index >= 15 is 0 Å². The van der Waals surface area contributed by atoms with E-state index in [-0.39, 0.29) is 36.5 Å². The van der Waals surface area contributed by atoms with Crippen LogP contribution in [0, 0.1) is 0 Å². The van der Waals surface area contributed by atoms with E-state index in [1.807, 2.05) is 97.1 Å². The van der Waals surface area contributed by atoms with Gasteiger partial charge in [0.15, 0.2) is 23.3 Å². The maximum atomic E-state index is 5.02. The SMILES string of the molecule is [Cu].[Zn].c1ccc2c(c1)-c1nc-2nc2[nH]c(nc3nc(nc4[nH]c(n1)c1ccccc41)-c1ccccc1-3)c1ccccc21. The summed E-state index contributed by atoms with van der Waals surface area (Å²) in [5, 5.41) is 3.82. The Morgan fingerprint density at radius 3 is 0.833 bits per heavy atom. The zero-order valence-electron chi connectivity index (χ0n) is 21.9. The van der Waals surface area contributed by atoms with Crippen LogP contribution >= 0.6 is 0 Å². The molecule has 0 fully saturated rings. The third-order valence-electron chi connectivity index (χ3n) is 7.46. The summed E-state index contributed by atoms with van der Waals surface area (Å²) in [4.78, 5) is 36.8. The van der Waals surface area contributed by atoms with Gasteiger partial charge in [-0.1, -0.05) is 97.1 Å². The molecule has 0 unspecified atom stereocenters. The van der Waals surface area contributed by atoms with Crippen molar-refractivity contribution in [2.24, 2.45) is 0 Å². The van der Waals surface area contributed by atoms with Gasteiger partial charge < -0.3 is 9.97 Å². The smallest absolute Gasteiger partial charge is 0.164 e. The van der Waals surface area contributed by atoms with Gasteiger partial charge in [0.1, 0.15) is 22.6 Å². The van der Waals surface area contributed by atoms with Gasteiger partial charge in [0, 0.05) is 80.3 Å². The molecule has 199 valence electrons. The molecule has 0 amide bonds. The maximum Gasteiger partial charge on any atom is 0.164 e. The summed E-state index contributed by atoms with van der Waals surface area (Å²) >= 11 is 0. The van der Waals surface area contributed by atoms with Gasteiger partial charge in [-0.15, -0.1) is 0 Å². The van der Waals surface area contributed by atoms with Crippen molar-refractivity contribution >= 4 is 44.1 Å². The molecule has 8 bridgehead atoms. The molecule has 0 saturated heterocycles. The molecule has 7 aromatic rings. The fraction of sp³-hybridized carbons (Fsp3) is 0. The van der Waals surface area contributed by atoms with Gasteiger partial charge in [-0.2, -0.15) is 0 Å². The quantitative estimate of drug-likeness (QED) is 0.175. The summed E-state index contributed by atoms with van der Waals surface area (Å²) in [6.07, 6.45) is 0. The molecule has 0 aliphatic carbocycles. The third kappa shape index (κ3) is 3.91. The molecule has 0 saturated carbocycles. The first-order valence-corrected chi connectivity index (χ1v) is 13.0. The first-order valence-electron chi connectivity index (χ1n) is 13.0. The van der Waals surface area contributed by atoms with Crippen molar-refractivity contribution < 1.29 is 36.5 Å². The van der Waals surface area contributed by atoms with Crippen LogP contribution in [0.3, 0.4) is 0 Å². The second kappa shape index (κ2) is 10.0. The number of aromatic nitrogens is 8. The van der Waals surface area contributed by atoms with E-state index in [0.717, 1.165) is 43.8 Å². The summed E-state index contributed by atoms with van der Waals surface area (Å²) in [5.74, 6) is 2.39. The van der Waals surface area contributed by atoms with Crippen molar-refractivity contribution in [3.05, 3.63) is 97.1 Å². The number of nitrogens with one attached hydrogen (secondary N) is 2. The Kier molecular flexibility index (Phi) is 6.28. The number of hydrogen-bond donors (Lipinski definition) is 2. The van der Waals surface area contributed by atoms with Crippen molar-refractivity contribution in [2.75, 3.05) is 0 Å². The number of rotatable bonds is 0. The van der Waals surface area contributed by atoms with Gasteiger partial charge in [0.05, 0.1) is 0 Å². The normalized spacial score (nSPS) is 11.4. The largest absolute Gasteiger partial charge is 0.324 e. The summed E-state index contributed by atoms with van der Waals surface area (Å²) in [7, 11) is 0. The van der Waals surface area contributed by atoms with Crippen LogP contribution in [0.1, 0.15) is 0 Å². The third-order valence-corrected chi connectivity index (χ3v) is 7.46. The number of hydrogen-bond acceptors (Lipinski definition) is 6. The molecule has 42 heavy (non-hydrogen) atoms. The van der Waals surface area contributed by atoms with Gasteiger partial charge in [-0.25, -0.2) is 29.9 Å². The molecule has 0 atom stereocenters. The molecule has 2 aliphatic heterocycles. The Balaban J connectivity index is 0.00000144. The molecule has 2 aliphatic rings. The molecule has 9 rings (SSSR count). The molecule has 2 N–H and O–H groups in total. The number of benzene rings is 4. The van der Waals surface area contributed by atoms with E-state index in [2.05, 4.69) is 9.97 Å². The van der Waals surface area contributed by atoms with E-state index in [1.54, 1.807) is 0 Å². The topological polar surface area (TPSA) is 109 Å². The second-order valence-corrected chi connectivity index (χ2v) is 9.79. The maximum absolute atomic E-state index is 5.02. The minimum Gasteiger partial charge on any atom is -0.324 e. The molecular formula is C32H18CuN8Zn. The van der Waals surface area contributed by atoms with Crippen LogP contribution in [0.4, 0.5) is 0 Å². The van der Waals surface area contributed by atoms with E-state index in [1.165, 1.54) is 0 Å². The van der Waals surface area contributed by atoms with Crippen molar-refractivity contribution in [2.45, 2.75) is 0 Å². The number of H-pyrrole nitrogens is 2. The zero-order valence-corrected chi connectivity index (χ0v) is 25.8. The summed E-state index contributed by atoms with van der Waals surface area (Å²) in [6.45, 7) is 0. The van der Waals surface area contributed by atoms with Crippen molar-refractivity contribution in [3.63, 3.8) is 0 Å². The molecule has 10 heteroatoms. The van der Waals surface area contributed by atoms with E-state index in [0.29, 0.717) is 45.9 Å². The minimum atomic E-state index is 0. The van der Waals surface area contributed by atoms with Gasteiger partial charge in [-0.05, 0) is 0 Å². The molecule has 8 nitrogen and oxygen atoms in total. The molecule has 3 aromatic heterocycles. The van der Waals surface area contributed by atoms with E-state index < -0.39 is 0 Å². The van der Waals surface area contributed by atoms with Crippen LogP contribution in [-0.4, -0.2) is 39.9 Å². The predicted molar refractivity (Wildman–Crippen MR) is 156 cm³/mol. The Labute approximate surface area is 262 Å². The summed E-state index contributed by atoms with van der Waals surface area (Å²) in [5.41, 5.74) is 6.45. The number of fused-ring (bicyclic) bond motifs is 20. The molecular weight excluding hydrogens is 625 g/mol. The first kappa shape index (κ1) is 26.3. The zero-order chi connectivity index (χ0) is 26.2. The van der Waals surface area contributed by atoms with Crippen molar-refractivity contribution in [3.8, 4) is 45.6 Å². The molecule has 1 radical (unpaired) electrons. The average molecular weight is 643 g/mol. The fourth-order valence-corrected chi connectivity index (χ4v) is 5.59. The van der Waals surface area contributed by atoms with Crippen LogP contribution in [0.2, 0.25) is 0 Å². The monoisotopic (exact) mass is 641 g/mol. The van der Waals surface area contributed by atoms with Crippen LogP contribution in [0.5, 0.6) is 0 Å². The fourth-order valence-electron chi connectivity index (χ4n) is 5.59. The summed E-state index contributed by atoms with van der Waals surface area (Å²) < 4.78 is 0. The molecule has 4 aromatic carbocycles.